The van der Waals surface area contributed by atoms with Gasteiger partial charge in [0.15, 0.2) is 0 Å². The lowest BCUT2D eigenvalue weighted by atomic mass is 10.2. The maximum atomic E-state index is 12.3. The van der Waals surface area contributed by atoms with Gasteiger partial charge in [-0.3, -0.25) is 0 Å². The molecule has 16 heavy (non-hydrogen) atoms. The lowest BCUT2D eigenvalue weighted by molar-refractivity contribution is -0.670. The van der Waals surface area contributed by atoms with Crippen molar-refractivity contribution in [2.75, 3.05) is 13.1 Å². The Labute approximate surface area is 103 Å². The van der Waals surface area contributed by atoms with E-state index in [1.807, 2.05) is 5.32 Å². The van der Waals surface area contributed by atoms with Crippen molar-refractivity contribution in [3.63, 3.8) is 0 Å². The molecule has 0 amide bonds. The Morgan fingerprint density at radius 3 is 2.69 bits per heavy atom. The van der Waals surface area contributed by atoms with Crippen LogP contribution in [-0.2, 0) is 0 Å². The van der Waals surface area contributed by atoms with E-state index in [4.69, 9.17) is 11.6 Å². The van der Waals surface area contributed by atoms with Crippen molar-refractivity contribution in [3.05, 3.63) is 16.5 Å². The largest absolute Gasteiger partial charge is 1.00 e. The molecule has 0 aromatic rings. The Morgan fingerprint density at radius 2 is 2.25 bits per heavy atom. The first-order chi connectivity index (χ1) is 6.95. The zero-order valence-corrected chi connectivity index (χ0v) is 9.94. The minimum Gasteiger partial charge on any atom is -1.00 e. The van der Waals surface area contributed by atoms with Crippen molar-refractivity contribution in [2.45, 2.75) is 19.1 Å². The summed E-state index contributed by atoms with van der Waals surface area (Å²) in [4.78, 5) is 3.43. The molecule has 1 rings (SSSR count). The third-order valence-electron chi connectivity index (χ3n) is 1.96. The molecule has 0 aromatic carbocycles. The number of halogens is 5. The topological polar surface area (TPSA) is 43.1 Å². The van der Waals surface area contributed by atoms with E-state index in [9.17, 15) is 13.2 Å². The highest BCUT2D eigenvalue weighted by molar-refractivity contribution is 6.25. The second-order valence-corrected chi connectivity index (χ2v) is 3.38. The number of amidine groups is 1. The number of nitrogens with two attached hydrogens (primary N) is 1. The van der Waals surface area contributed by atoms with Gasteiger partial charge in [0.25, 0.3) is 0 Å². The molecule has 0 aliphatic carbocycles. The summed E-state index contributed by atoms with van der Waals surface area (Å²) in [5.74, 6) is 0.186. The Hall–Kier alpha value is -0.460. The average Bonchev–Trinajstić information content (AvgIpc) is 2.14. The van der Waals surface area contributed by atoms with Gasteiger partial charge in [-0.05, 0) is 19.3 Å². The highest BCUT2D eigenvalue weighted by Crippen LogP contribution is 2.27. The monoisotopic (exact) mass is 276 g/mol. The molecule has 1 unspecified atom stereocenters. The van der Waals surface area contributed by atoms with Crippen molar-refractivity contribution >= 4 is 17.4 Å². The fourth-order valence-corrected chi connectivity index (χ4v) is 1.34. The van der Waals surface area contributed by atoms with Gasteiger partial charge < -0.3 is 28.0 Å². The molecule has 0 saturated carbocycles. The van der Waals surface area contributed by atoms with E-state index in [0.29, 0.717) is 12.1 Å². The maximum Gasteiger partial charge on any atom is 0.413 e. The average molecular weight is 277 g/mol. The van der Waals surface area contributed by atoms with Crippen LogP contribution in [0.1, 0.15) is 6.92 Å². The molecular weight excluding hydrogens is 266 g/mol. The quantitative estimate of drug-likeness (QED) is 0.598. The molecule has 0 aromatic heterocycles. The predicted octanol–water partition coefficient (Wildman–Crippen LogP) is -1.63. The number of allylic oxidation sites excluding steroid dienone is 1. The number of aliphatic imine (C=N–C) groups is 1. The number of rotatable bonds is 1. The van der Waals surface area contributed by atoms with Gasteiger partial charge in [-0.2, -0.15) is 13.2 Å². The first kappa shape index (κ1) is 15.5. The van der Waals surface area contributed by atoms with Crippen LogP contribution >= 0.6 is 11.6 Å². The summed E-state index contributed by atoms with van der Waals surface area (Å²) in [6, 6.07) is -0.160. The van der Waals surface area contributed by atoms with Crippen LogP contribution in [0.3, 0.4) is 0 Å². The van der Waals surface area contributed by atoms with Gasteiger partial charge in [0.1, 0.15) is 6.04 Å². The SMILES string of the molecule is CC1[NH2+]CC[N-]C1=N/C(=C/Cl)C(F)(F)F.[Cl-]. The smallest absolute Gasteiger partial charge is 0.413 e. The number of hydrogen-bond donors (Lipinski definition) is 1. The van der Waals surface area contributed by atoms with E-state index in [1.165, 1.54) is 0 Å². The fraction of sp³-hybridized carbons (Fsp3) is 0.625. The molecule has 3 nitrogen and oxygen atoms in total. The molecule has 1 fully saturated rings. The number of quaternary nitrogens is 1. The number of nitrogens with zero attached hydrogens (tertiary/aromatic N) is 2. The van der Waals surface area contributed by atoms with Crippen molar-refractivity contribution in [2.24, 2.45) is 4.99 Å². The molecule has 1 atom stereocenters. The van der Waals surface area contributed by atoms with Crippen LogP contribution in [0.2, 0.25) is 0 Å². The Kier molecular flexibility index (Phi) is 6.14. The van der Waals surface area contributed by atoms with Crippen LogP contribution in [0, 0.1) is 0 Å². The van der Waals surface area contributed by atoms with Crippen molar-refractivity contribution in [1.29, 1.82) is 0 Å². The highest BCUT2D eigenvalue weighted by Gasteiger charge is 2.30. The van der Waals surface area contributed by atoms with Gasteiger partial charge in [0, 0.05) is 5.54 Å². The Balaban J connectivity index is 0.00000225. The third-order valence-corrected chi connectivity index (χ3v) is 2.17. The predicted molar refractivity (Wildman–Crippen MR) is 51.9 cm³/mol. The summed E-state index contributed by atoms with van der Waals surface area (Å²) in [7, 11) is 0. The van der Waals surface area contributed by atoms with Gasteiger partial charge in [-0.25, -0.2) is 0 Å². The van der Waals surface area contributed by atoms with Crippen molar-refractivity contribution < 1.29 is 30.9 Å². The second kappa shape index (κ2) is 6.32. The minimum atomic E-state index is -4.53. The van der Waals surface area contributed by atoms with Crippen LogP contribution in [0.5, 0.6) is 0 Å². The summed E-state index contributed by atoms with van der Waals surface area (Å²) < 4.78 is 36.9. The van der Waals surface area contributed by atoms with Crippen molar-refractivity contribution in [1.82, 2.24) is 0 Å². The van der Waals surface area contributed by atoms with E-state index in [-0.39, 0.29) is 24.3 Å². The molecule has 0 radical (unpaired) electrons. The lowest BCUT2D eigenvalue weighted by Gasteiger charge is -2.29. The Bertz CT molecular complexity index is 289. The van der Waals surface area contributed by atoms with Gasteiger partial charge in [-0.1, -0.05) is 11.6 Å². The molecule has 94 valence electrons. The van der Waals surface area contributed by atoms with Gasteiger partial charge in [0.2, 0.25) is 0 Å². The van der Waals surface area contributed by atoms with E-state index in [2.05, 4.69) is 10.3 Å². The van der Waals surface area contributed by atoms with Crippen molar-refractivity contribution in [3.8, 4) is 0 Å². The molecule has 1 aliphatic rings. The maximum absolute atomic E-state index is 12.3. The summed E-state index contributed by atoms with van der Waals surface area (Å²) in [5, 5.41) is 5.81. The van der Waals surface area contributed by atoms with E-state index in [0.717, 1.165) is 6.54 Å². The Morgan fingerprint density at radius 1 is 1.62 bits per heavy atom. The second-order valence-electron chi connectivity index (χ2n) is 3.16. The van der Waals surface area contributed by atoms with Crippen LogP contribution < -0.4 is 17.7 Å². The molecule has 1 heterocycles. The summed E-state index contributed by atoms with van der Waals surface area (Å²) in [6.07, 6.45) is -4.53. The number of alkyl halides is 3. The molecule has 0 spiro atoms. The van der Waals surface area contributed by atoms with Crippen LogP contribution in [0.15, 0.2) is 16.2 Å². The summed E-state index contributed by atoms with van der Waals surface area (Å²) in [6.45, 7) is 3.01. The van der Waals surface area contributed by atoms with Crippen LogP contribution in [-0.4, -0.2) is 31.1 Å². The molecule has 1 aliphatic heterocycles. The van der Waals surface area contributed by atoms with Crippen LogP contribution in [0.4, 0.5) is 13.2 Å². The standard InChI is InChI=1S/C8H10ClF3N3.ClH/c1-5-7(14-3-2-13-5)15-6(4-9)8(10,11)12;/h4-5,13H,2-3H2,1H3;1H/q-1;/b6-4+;. The number of piperazine rings is 1. The molecule has 2 N–H and O–H groups in total. The van der Waals surface area contributed by atoms with Gasteiger partial charge in [0.05, 0.1) is 12.2 Å². The normalized spacial score (nSPS) is 24.9. The molecule has 0 bridgehead atoms. The molecular formula is C8H11Cl2F3N3-. The highest BCUT2D eigenvalue weighted by atomic mass is 35.5. The fourth-order valence-electron chi connectivity index (χ4n) is 1.16. The zero-order chi connectivity index (χ0) is 11.5. The summed E-state index contributed by atoms with van der Waals surface area (Å²) >= 11 is 5.08. The van der Waals surface area contributed by atoms with Crippen LogP contribution in [0.25, 0.3) is 5.32 Å². The zero-order valence-electron chi connectivity index (χ0n) is 8.43. The number of hydrogen-bond acceptors (Lipinski definition) is 1. The minimum absolute atomic E-state index is 0. The molecule has 1 saturated heterocycles. The lowest BCUT2D eigenvalue weighted by Crippen LogP contribution is -3.00. The van der Waals surface area contributed by atoms with E-state index < -0.39 is 11.9 Å². The first-order valence-electron chi connectivity index (χ1n) is 4.42. The van der Waals surface area contributed by atoms with Gasteiger partial charge >= 0.3 is 6.18 Å². The van der Waals surface area contributed by atoms with E-state index in [1.54, 1.807) is 6.92 Å². The first-order valence-corrected chi connectivity index (χ1v) is 4.85. The molecule has 8 heteroatoms. The third kappa shape index (κ3) is 4.19. The summed E-state index contributed by atoms with van der Waals surface area (Å²) in [5.41, 5.74) is -0.672. The van der Waals surface area contributed by atoms with Gasteiger partial charge in [-0.15, -0.1) is 0 Å². The van der Waals surface area contributed by atoms with E-state index >= 15 is 0 Å².